The predicted molar refractivity (Wildman–Crippen MR) is 140 cm³/mol. The van der Waals surface area contributed by atoms with Crippen LogP contribution in [-0.2, 0) is 11.3 Å². The van der Waals surface area contributed by atoms with Gasteiger partial charge >= 0.3 is 12.1 Å². The monoisotopic (exact) mass is 568 g/mol. The van der Waals surface area contributed by atoms with Crippen molar-refractivity contribution in [3.05, 3.63) is 70.4 Å². The SMILES string of the molecule is O=c1[nH]nc(-c2ccc(N3[C@@H]4CC[C@H]3CC(OCc3c(-c5ccccc5OC(F)(F)F)noc3C3CC3)C4)cc2)o1. The smallest absolute Gasteiger partial charge is 0.405 e. The van der Waals surface area contributed by atoms with E-state index in [9.17, 15) is 18.0 Å². The number of nitrogens with one attached hydrogen (secondary N) is 1. The maximum absolute atomic E-state index is 13.1. The number of alkyl halides is 3. The minimum absolute atomic E-state index is 0.00201. The third-order valence-corrected chi connectivity index (χ3v) is 8.14. The molecule has 0 amide bonds. The first kappa shape index (κ1) is 25.9. The van der Waals surface area contributed by atoms with Gasteiger partial charge in [-0.05, 0) is 74.9 Å². The summed E-state index contributed by atoms with van der Waals surface area (Å²) in [5, 5.41) is 10.3. The molecule has 2 aliphatic heterocycles. The number of hydrogen-bond donors (Lipinski definition) is 1. The summed E-state index contributed by atoms with van der Waals surface area (Å²) in [4.78, 5) is 13.7. The molecule has 1 saturated carbocycles. The molecule has 9 nitrogen and oxygen atoms in total. The lowest BCUT2D eigenvalue weighted by Crippen LogP contribution is -2.45. The van der Waals surface area contributed by atoms with Crippen LogP contribution in [0.3, 0.4) is 0 Å². The zero-order valence-electron chi connectivity index (χ0n) is 21.9. The topological polar surface area (TPSA) is 107 Å². The maximum Gasteiger partial charge on any atom is 0.573 e. The van der Waals surface area contributed by atoms with E-state index in [0.717, 1.165) is 49.8 Å². The van der Waals surface area contributed by atoms with Crippen LogP contribution in [0, 0.1) is 0 Å². The lowest BCUT2D eigenvalue weighted by atomic mass is 9.98. The first-order valence-electron chi connectivity index (χ1n) is 13.7. The van der Waals surface area contributed by atoms with Gasteiger partial charge in [0.2, 0.25) is 5.89 Å². The van der Waals surface area contributed by atoms with E-state index in [4.69, 9.17) is 13.7 Å². The molecule has 1 N–H and O–H groups in total. The van der Waals surface area contributed by atoms with Crippen LogP contribution in [0.4, 0.5) is 18.9 Å². The van der Waals surface area contributed by atoms with Crippen LogP contribution < -0.4 is 15.4 Å². The molecule has 3 atom stereocenters. The Labute approximate surface area is 232 Å². The molecule has 12 heteroatoms. The molecule has 2 aromatic heterocycles. The van der Waals surface area contributed by atoms with Crippen LogP contribution in [0.2, 0.25) is 0 Å². The molecule has 2 bridgehead atoms. The molecule has 4 heterocycles. The summed E-state index contributed by atoms with van der Waals surface area (Å²) in [6, 6.07) is 14.4. The number of para-hydroxylation sites is 1. The normalized spacial score (nSPS) is 22.3. The number of rotatable bonds is 8. The standard InChI is InChI=1S/C29H27F3N4O5/c30-29(31,32)40-24-4-2-1-3-22(24)25-23(26(41-35-25)16-5-6-16)15-38-21-13-19-11-12-20(14-21)36(19)18-9-7-17(8-10-18)27-33-34-28(37)39-27/h1-4,7-10,16,19-21H,5-6,11-15H2,(H,34,37)/t19-,20+,21?. The number of aromatic nitrogens is 3. The number of ether oxygens (including phenoxy) is 2. The number of anilines is 1. The Bertz CT molecular complexity index is 1580. The fraction of sp³-hybridized carbons (Fsp3) is 0.414. The molecule has 0 radical (unpaired) electrons. The van der Waals surface area contributed by atoms with E-state index in [1.807, 2.05) is 24.3 Å². The number of nitrogens with zero attached hydrogens (tertiary/aromatic N) is 3. The largest absolute Gasteiger partial charge is 0.573 e. The minimum atomic E-state index is -4.82. The summed E-state index contributed by atoms with van der Waals surface area (Å²) in [6.07, 6.45) is 0.851. The molecule has 41 heavy (non-hydrogen) atoms. The molecule has 1 aliphatic carbocycles. The molecule has 2 aromatic carbocycles. The molecule has 2 saturated heterocycles. The van der Waals surface area contributed by atoms with E-state index in [0.29, 0.717) is 29.1 Å². The van der Waals surface area contributed by atoms with Crippen LogP contribution in [0.25, 0.3) is 22.7 Å². The van der Waals surface area contributed by atoms with E-state index in [1.165, 1.54) is 12.1 Å². The van der Waals surface area contributed by atoms with Gasteiger partial charge in [0.15, 0.2) is 0 Å². The summed E-state index contributed by atoms with van der Waals surface area (Å²) in [5.41, 5.74) is 3.07. The zero-order valence-corrected chi connectivity index (χ0v) is 21.9. The molecule has 3 fully saturated rings. The Balaban J connectivity index is 1.07. The van der Waals surface area contributed by atoms with Gasteiger partial charge in [-0.3, -0.25) is 0 Å². The summed E-state index contributed by atoms with van der Waals surface area (Å²) >= 11 is 0. The highest BCUT2D eigenvalue weighted by molar-refractivity contribution is 5.70. The highest BCUT2D eigenvalue weighted by atomic mass is 19.4. The molecular formula is C29H27F3N4O5. The number of fused-ring (bicyclic) bond motifs is 2. The number of halogens is 3. The van der Waals surface area contributed by atoms with E-state index >= 15 is 0 Å². The lowest BCUT2D eigenvalue weighted by Gasteiger charge is -2.40. The minimum Gasteiger partial charge on any atom is -0.405 e. The second-order valence-electron chi connectivity index (χ2n) is 10.9. The summed E-state index contributed by atoms with van der Waals surface area (Å²) in [7, 11) is 0. The number of aromatic amines is 1. The van der Waals surface area contributed by atoms with E-state index in [2.05, 4.69) is 25.0 Å². The van der Waals surface area contributed by atoms with Gasteiger partial charge in [-0.25, -0.2) is 9.89 Å². The van der Waals surface area contributed by atoms with Gasteiger partial charge in [0.25, 0.3) is 0 Å². The van der Waals surface area contributed by atoms with Crippen molar-refractivity contribution in [1.82, 2.24) is 15.4 Å². The van der Waals surface area contributed by atoms with Crippen molar-refractivity contribution in [2.45, 2.75) is 75.6 Å². The van der Waals surface area contributed by atoms with Gasteiger partial charge in [0.05, 0.1) is 12.7 Å². The quantitative estimate of drug-likeness (QED) is 0.269. The number of H-pyrrole nitrogens is 1. The lowest BCUT2D eigenvalue weighted by molar-refractivity contribution is -0.274. The van der Waals surface area contributed by atoms with Crippen molar-refractivity contribution < 1.29 is 31.6 Å². The van der Waals surface area contributed by atoms with Crippen molar-refractivity contribution in [1.29, 1.82) is 0 Å². The molecule has 4 aromatic rings. The van der Waals surface area contributed by atoms with Gasteiger partial charge < -0.3 is 23.3 Å². The Morgan fingerprint density at radius 3 is 2.39 bits per heavy atom. The first-order valence-corrected chi connectivity index (χ1v) is 13.7. The molecule has 214 valence electrons. The highest BCUT2D eigenvalue weighted by Crippen LogP contribution is 2.46. The van der Waals surface area contributed by atoms with Gasteiger partial charge in [-0.1, -0.05) is 17.3 Å². The van der Waals surface area contributed by atoms with Crippen LogP contribution >= 0.6 is 0 Å². The van der Waals surface area contributed by atoms with E-state index in [-0.39, 0.29) is 35.8 Å². The van der Waals surface area contributed by atoms with Gasteiger partial charge in [0, 0.05) is 40.4 Å². The summed E-state index contributed by atoms with van der Waals surface area (Å²) < 4.78 is 60.7. The summed E-state index contributed by atoms with van der Waals surface area (Å²) in [5.74, 6) is 0.244. The van der Waals surface area contributed by atoms with Gasteiger partial charge in [-0.2, -0.15) is 0 Å². The van der Waals surface area contributed by atoms with Crippen LogP contribution in [0.1, 0.15) is 55.8 Å². The predicted octanol–water partition coefficient (Wildman–Crippen LogP) is 6.18. The van der Waals surface area contributed by atoms with Crippen molar-refractivity contribution in [2.75, 3.05) is 4.90 Å². The third kappa shape index (κ3) is 5.23. The second-order valence-corrected chi connectivity index (χ2v) is 10.9. The Morgan fingerprint density at radius 2 is 1.73 bits per heavy atom. The Kier molecular flexibility index (Phi) is 6.37. The summed E-state index contributed by atoms with van der Waals surface area (Å²) in [6.45, 7) is 0.207. The van der Waals surface area contributed by atoms with Crippen molar-refractivity contribution in [2.24, 2.45) is 0 Å². The Morgan fingerprint density at radius 1 is 1.00 bits per heavy atom. The number of benzene rings is 2. The molecule has 1 unspecified atom stereocenters. The number of hydrogen-bond acceptors (Lipinski definition) is 8. The second kappa shape index (κ2) is 10.1. The van der Waals surface area contributed by atoms with Crippen LogP contribution in [-0.4, -0.2) is 39.9 Å². The fourth-order valence-corrected chi connectivity index (χ4v) is 6.23. The average Bonchev–Trinajstić information content (AvgIpc) is 3.46. The van der Waals surface area contributed by atoms with E-state index < -0.39 is 12.1 Å². The molecule has 3 aliphatic rings. The fourth-order valence-electron chi connectivity index (χ4n) is 6.23. The third-order valence-electron chi connectivity index (χ3n) is 8.14. The number of piperidine rings is 1. The maximum atomic E-state index is 13.1. The highest BCUT2D eigenvalue weighted by Gasteiger charge is 2.42. The van der Waals surface area contributed by atoms with E-state index in [1.54, 1.807) is 12.1 Å². The van der Waals surface area contributed by atoms with Crippen LogP contribution in [0.5, 0.6) is 5.75 Å². The molecule has 7 rings (SSSR count). The zero-order chi connectivity index (χ0) is 28.1. The van der Waals surface area contributed by atoms with Gasteiger partial charge in [0.1, 0.15) is 17.2 Å². The Hall–Kier alpha value is -4.06. The average molecular weight is 569 g/mol. The van der Waals surface area contributed by atoms with Gasteiger partial charge in [-0.15, -0.1) is 18.3 Å². The molecule has 0 spiro atoms. The van der Waals surface area contributed by atoms with Crippen molar-refractivity contribution in [3.8, 4) is 28.5 Å². The van der Waals surface area contributed by atoms with Crippen LogP contribution in [0.15, 0.2) is 62.3 Å². The molecular weight excluding hydrogens is 541 g/mol. The first-order chi connectivity index (χ1) is 19.8. The van der Waals surface area contributed by atoms with Crippen molar-refractivity contribution in [3.63, 3.8) is 0 Å². The van der Waals surface area contributed by atoms with Crippen molar-refractivity contribution >= 4 is 5.69 Å².